The maximum Gasteiger partial charge on any atom is 0.449 e. The summed E-state index contributed by atoms with van der Waals surface area (Å²) in [5.41, 5.74) is 0.265. The first-order valence-corrected chi connectivity index (χ1v) is 10.3. The van der Waals surface area contributed by atoms with Gasteiger partial charge in [-0.1, -0.05) is 0 Å². The van der Waals surface area contributed by atoms with Gasteiger partial charge < -0.3 is 4.57 Å². The van der Waals surface area contributed by atoms with Crippen molar-refractivity contribution in [2.24, 2.45) is 0 Å². The number of pyridine rings is 1. The summed E-state index contributed by atoms with van der Waals surface area (Å²) in [6.07, 6.45) is -2.91. The molecule has 0 N–H and O–H groups in total. The van der Waals surface area contributed by atoms with Crippen LogP contribution >= 0.6 is 0 Å². The number of fused-ring (bicyclic) bond motifs is 1. The highest BCUT2D eigenvalue weighted by Crippen LogP contribution is 2.36. The predicted octanol–water partition coefficient (Wildman–Crippen LogP) is 3.62. The van der Waals surface area contributed by atoms with Crippen LogP contribution < -0.4 is 0 Å². The lowest BCUT2D eigenvalue weighted by Crippen LogP contribution is -2.39. The smallest absolute Gasteiger partial charge is 0.302 e. The van der Waals surface area contributed by atoms with Gasteiger partial charge in [-0.25, -0.2) is 22.8 Å². The summed E-state index contributed by atoms with van der Waals surface area (Å²) < 4.78 is 81.3. The molecule has 1 aromatic carbocycles. The summed E-state index contributed by atoms with van der Waals surface area (Å²) in [7, 11) is -3.85. The Morgan fingerprint density at radius 2 is 1.69 bits per heavy atom. The van der Waals surface area contributed by atoms with Gasteiger partial charge in [-0.2, -0.15) is 17.5 Å². The van der Waals surface area contributed by atoms with E-state index in [1.807, 2.05) is 0 Å². The number of rotatable bonds is 3. The van der Waals surface area contributed by atoms with Gasteiger partial charge in [-0.05, 0) is 49.2 Å². The van der Waals surface area contributed by atoms with E-state index in [9.17, 15) is 26.0 Å². The third-order valence-electron chi connectivity index (χ3n) is 4.94. The molecule has 0 unspecified atom stereocenters. The number of hydrogen-bond donors (Lipinski definition) is 0. The largest absolute Gasteiger partial charge is 0.449 e. The molecule has 6 nitrogen and oxygen atoms in total. The average molecular weight is 428 g/mol. The predicted molar refractivity (Wildman–Crippen MR) is 96.0 cm³/mol. The molecule has 1 fully saturated rings. The van der Waals surface area contributed by atoms with Gasteiger partial charge in [0.1, 0.15) is 11.3 Å². The molecule has 1 aliphatic rings. The second-order valence-electron chi connectivity index (χ2n) is 6.74. The first-order chi connectivity index (χ1) is 13.7. The van der Waals surface area contributed by atoms with Gasteiger partial charge in [0, 0.05) is 25.3 Å². The van der Waals surface area contributed by atoms with Crippen molar-refractivity contribution in [3.8, 4) is 0 Å². The Labute approximate surface area is 163 Å². The Balaban J connectivity index is 1.61. The normalized spacial score (nSPS) is 17.1. The second-order valence-corrected chi connectivity index (χ2v) is 8.68. The third kappa shape index (κ3) is 3.60. The summed E-state index contributed by atoms with van der Waals surface area (Å²) in [6.45, 7) is 0.0718. The Morgan fingerprint density at radius 3 is 2.31 bits per heavy atom. The minimum absolute atomic E-state index is 0.0359. The first kappa shape index (κ1) is 19.8. The molecule has 0 atom stereocenters. The molecule has 3 aromatic rings. The van der Waals surface area contributed by atoms with Gasteiger partial charge in [-0.15, -0.1) is 0 Å². The highest BCUT2D eigenvalue weighted by molar-refractivity contribution is 7.89. The Hall–Kier alpha value is -2.53. The molecular weight excluding hydrogens is 412 g/mol. The molecule has 0 aliphatic carbocycles. The van der Waals surface area contributed by atoms with E-state index in [-0.39, 0.29) is 42.0 Å². The van der Waals surface area contributed by atoms with Gasteiger partial charge in [0.15, 0.2) is 5.65 Å². The van der Waals surface area contributed by atoms with Crippen LogP contribution in [0.25, 0.3) is 11.2 Å². The fourth-order valence-electron chi connectivity index (χ4n) is 3.57. The Morgan fingerprint density at radius 1 is 1.03 bits per heavy atom. The van der Waals surface area contributed by atoms with Crippen molar-refractivity contribution in [1.82, 2.24) is 18.8 Å². The molecule has 154 valence electrons. The van der Waals surface area contributed by atoms with Crippen LogP contribution in [0.4, 0.5) is 17.6 Å². The highest BCUT2D eigenvalue weighted by atomic mass is 32.2. The molecule has 4 rings (SSSR count). The summed E-state index contributed by atoms with van der Waals surface area (Å²) in [6, 6.07) is 6.83. The van der Waals surface area contributed by atoms with Crippen molar-refractivity contribution >= 4 is 21.2 Å². The van der Waals surface area contributed by atoms with Crippen molar-refractivity contribution in [3.63, 3.8) is 0 Å². The molecule has 0 amide bonds. The summed E-state index contributed by atoms with van der Waals surface area (Å²) in [5.74, 6) is -1.59. The van der Waals surface area contributed by atoms with Crippen LogP contribution in [-0.4, -0.2) is 40.3 Å². The zero-order chi connectivity index (χ0) is 20.8. The minimum atomic E-state index is -4.65. The lowest BCUT2D eigenvalue weighted by atomic mass is 10.1. The maximum atomic E-state index is 13.5. The van der Waals surface area contributed by atoms with E-state index in [4.69, 9.17) is 0 Å². The summed E-state index contributed by atoms with van der Waals surface area (Å²) in [4.78, 5) is 7.69. The molecule has 0 spiro atoms. The van der Waals surface area contributed by atoms with E-state index in [1.165, 1.54) is 34.8 Å². The molecule has 0 bridgehead atoms. The first-order valence-electron chi connectivity index (χ1n) is 8.84. The van der Waals surface area contributed by atoms with Crippen molar-refractivity contribution in [1.29, 1.82) is 0 Å². The van der Waals surface area contributed by atoms with Crippen molar-refractivity contribution in [3.05, 3.63) is 54.2 Å². The molecule has 1 saturated heterocycles. The van der Waals surface area contributed by atoms with Crippen LogP contribution in [0.1, 0.15) is 24.7 Å². The van der Waals surface area contributed by atoms with Gasteiger partial charge in [0.25, 0.3) is 0 Å². The van der Waals surface area contributed by atoms with Crippen molar-refractivity contribution in [2.75, 3.05) is 13.1 Å². The lowest BCUT2D eigenvalue weighted by molar-refractivity contribution is -0.147. The van der Waals surface area contributed by atoms with Gasteiger partial charge in [0.05, 0.1) is 4.90 Å². The monoisotopic (exact) mass is 428 g/mol. The fourth-order valence-corrected chi connectivity index (χ4v) is 5.04. The van der Waals surface area contributed by atoms with E-state index in [0.29, 0.717) is 0 Å². The number of nitrogens with zero attached hydrogens (tertiary/aromatic N) is 4. The summed E-state index contributed by atoms with van der Waals surface area (Å²) in [5, 5.41) is 0. The highest BCUT2D eigenvalue weighted by Gasteiger charge is 2.41. The SMILES string of the molecule is O=S(=O)(c1ccc(F)cc1)N1CCC(n2c(C(F)(F)F)nc3cccnc32)CC1. The summed E-state index contributed by atoms with van der Waals surface area (Å²) >= 11 is 0. The van der Waals surface area contributed by atoms with E-state index in [2.05, 4.69) is 9.97 Å². The zero-order valence-electron chi connectivity index (χ0n) is 15.0. The molecule has 11 heteroatoms. The number of sulfonamides is 1. The van der Waals surface area contributed by atoms with Gasteiger partial charge >= 0.3 is 6.18 Å². The molecule has 29 heavy (non-hydrogen) atoms. The van der Waals surface area contributed by atoms with Crippen LogP contribution in [0.15, 0.2) is 47.5 Å². The number of imidazole rings is 1. The van der Waals surface area contributed by atoms with E-state index >= 15 is 0 Å². The molecule has 1 aliphatic heterocycles. The van der Waals surface area contributed by atoms with Crippen LogP contribution in [0.2, 0.25) is 0 Å². The number of hydrogen-bond acceptors (Lipinski definition) is 4. The average Bonchev–Trinajstić information content (AvgIpc) is 3.08. The van der Waals surface area contributed by atoms with Crippen LogP contribution in [-0.2, 0) is 16.2 Å². The topological polar surface area (TPSA) is 68.1 Å². The Kier molecular flexibility index (Phi) is 4.82. The van der Waals surface area contributed by atoms with E-state index in [0.717, 1.165) is 16.7 Å². The van der Waals surface area contributed by atoms with E-state index in [1.54, 1.807) is 0 Å². The van der Waals surface area contributed by atoms with Gasteiger partial charge in [-0.3, -0.25) is 0 Å². The third-order valence-corrected chi connectivity index (χ3v) is 6.86. The van der Waals surface area contributed by atoms with Crippen LogP contribution in [0, 0.1) is 5.82 Å². The molecule has 3 heterocycles. The molecule has 0 radical (unpaired) electrons. The molecule has 0 saturated carbocycles. The van der Waals surface area contributed by atoms with Gasteiger partial charge in [0.2, 0.25) is 15.8 Å². The second kappa shape index (κ2) is 7.06. The van der Waals surface area contributed by atoms with Crippen molar-refractivity contribution in [2.45, 2.75) is 30.0 Å². The number of aromatic nitrogens is 3. The Bertz CT molecular complexity index is 1130. The van der Waals surface area contributed by atoms with Crippen LogP contribution in [0.3, 0.4) is 0 Å². The number of halogens is 4. The quantitative estimate of drug-likeness (QED) is 0.598. The molecular formula is C18H16F4N4O2S. The van der Waals surface area contributed by atoms with E-state index < -0.39 is 33.9 Å². The number of benzene rings is 1. The maximum absolute atomic E-state index is 13.5. The number of alkyl halides is 3. The zero-order valence-corrected chi connectivity index (χ0v) is 15.8. The van der Waals surface area contributed by atoms with Crippen molar-refractivity contribution < 1.29 is 26.0 Å². The lowest BCUT2D eigenvalue weighted by Gasteiger charge is -2.32. The minimum Gasteiger partial charge on any atom is -0.302 e. The fraction of sp³-hybridized carbons (Fsp3) is 0.333. The standard InChI is InChI=1S/C18H16F4N4O2S/c19-12-3-5-14(6-4-12)29(27,28)25-10-7-13(8-11-25)26-16-15(2-1-9-23-16)24-17(26)18(20,21)22/h1-6,9,13H,7-8,10-11H2. The van der Waals surface area contributed by atoms with Crippen LogP contribution in [0.5, 0.6) is 0 Å². The number of piperidine rings is 1. The molecule has 2 aromatic heterocycles.